The monoisotopic (exact) mass is 294 g/mol. The van der Waals surface area contributed by atoms with Crippen molar-refractivity contribution in [2.75, 3.05) is 0 Å². The van der Waals surface area contributed by atoms with Crippen LogP contribution >= 0.6 is 0 Å². The lowest BCUT2D eigenvalue weighted by molar-refractivity contribution is 0.484. The summed E-state index contributed by atoms with van der Waals surface area (Å²) < 4.78 is 42.0. The Morgan fingerprint density at radius 1 is 1.05 bits per heavy atom. The molecule has 2 rings (SSSR count). The van der Waals surface area contributed by atoms with E-state index in [0.717, 1.165) is 11.1 Å². The van der Waals surface area contributed by atoms with Gasteiger partial charge >= 0.3 is 10.1 Å². The minimum atomic E-state index is -3.80. The maximum Gasteiger partial charge on any atom is 0.313 e. The van der Waals surface area contributed by atoms with Crippen LogP contribution in [0.2, 0.25) is 0 Å². The van der Waals surface area contributed by atoms with Crippen LogP contribution < -0.4 is 4.18 Å². The van der Waals surface area contributed by atoms with Crippen molar-refractivity contribution in [3.05, 3.63) is 65.0 Å². The Bertz CT molecular complexity index is 703. The Morgan fingerprint density at radius 2 is 1.70 bits per heavy atom. The summed E-state index contributed by atoms with van der Waals surface area (Å²) in [6, 6.07) is 10.7. The third-order valence-electron chi connectivity index (χ3n) is 2.65. The third-order valence-corrected chi connectivity index (χ3v) is 3.78. The van der Waals surface area contributed by atoms with Crippen LogP contribution in [0.4, 0.5) is 4.39 Å². The molecule has 5 heteroatoms. The molecule has 0 fully saturated rings. The highest BCUT2D eigenvalue weighted by atomic mass is 32.2. The predicted octanol–water partition coefficient (Wildman–Crippen LogP) is 3.35. The van der Waals surface area contributed by atoms with Gasteiger partial charge in [-0.3, -0.25) is 0 Å². The van der Waals surface area contributed by atoms with E-state index in [0.29, 0.717) is 5.56 Å². The minimum absolute atomic E-state index is 0.277. The Kier molecular flexibility index (Phi) is 4.09. The van der Waals surface area contributed by atoms with Gasteiger partial charge in [0.05, 0.1) is 0 Å². The summed E-state index contributed by atoms with van der Waals surface area (Å²) in [7, 11) is -3.80. The van der Waals surface area contributed by atoms with E-state index in [-0.39, 0.29) is 11.5 Å². The van der Waals surface area contributed by atoms with E-state index < -0.39 is 15.9 Å². The predicted molar refractivity (Wildman–Crippen MR) is 75.6 cm³/mol. The van der Waals surface area contributed by atoms with Crippen LogP contribution in [0.25, 0.3) is 0 Å². The minimum Gasteiger partial charge on any atom is -0.382 e. The number of halogens is 1. The second kappa shape index (κ2) is 5.63. The maximum absolute atomic E-state index is 13.0. The third kappa shape index (κ3) is 4.06. The summed E-state index contributed by atoms with van der Waals surface area (Å²) in [6.45, 7) is 3.72. The van der Waals surface area contributed by atoms with Gasteiger partial charge in [0, 0.05) is 0 Å². The molecule has 0 aliphatic heterocycles. The van der Waals surface area contributed by atoms with Crippen LogP contribution in [-0.4, -0.2) is 8.42 Å². The van der Waals surface area contributed by atoms with Crippen molar-refractivity contribution in [3.63, 3.8) is 0 Å². The van der Waals surface area contributed by atoms with Gasteiger partial charge in [-0.1, -0.05) is 18.2 Å². The number of benzene rings is 2. The average molecular weight is 294 g/mol. The maximum atomic E-state index is 13.0. The van der Waals surface area contributed by atoms with E-state index >= 15 is 0 Å². The molecular formula is C15H15FO3S. The molecule has 0 atom stereocenters. The van der Waals surface area contributed by atoms with Crippen molar-refractivity contribution in [2.24, 2.45) is 0 Å². The van der Waals surface area contributed by atoms with Crippen molar-refractivity contribution >= 4 is 10.1 Å². The number of rotatable bonds is 4. The first-order chi connectivity index (χ1) is 9.34. The van der Waals surface area contributed by atoms with Crippen LogP contribution in [-0.2, 0) is 15.9 Å². The molecule has 0 bridgehead atoms. The van der Waals surface area contributed by atoms with Crippen molar-refractivity contribution in [3.8, 4) is 5.75 Å². The molecule has 20 heavy (non-hydrogen) atoms. The molecule has 0 saturated carbocycles. The zero-order valence-corrected chi connectivity index (χ0v) is 12.1. The van der Waals surface area contributed by atoms with Crippen molar-refractivity contribution in [1.29, 1.82) is 0 Å². The van der Waals surface area contributed by atoms with Gasteiger partial charge in [0.15, 0.2) is 0 Å². The van der Waals surface area contributed by atoms with Crippen LogP contribution in [0, 0.1) is 19.7 Å². The highest BCUT2D eigenvalue weighted by molar-refractivity contribution is 7.86. The highest BCUT2D eigenvalue weighted by Crippen LogP contribution is 2.19. The molecule has 0 unspecified atom stereocenters. The van der Waals surface area contributed by atoms with Crippen LogP contribution in [0.15, 0.2) is 42.5 Å². The van der Waals surface area contributed by atoms with Gasteiger partial charge < -0.3 is 4.18 Å². The summed E-state index contributed by atoms with van der Waals surface area (Å²) in [6.07, 6.45) is 0. The molecule has 3 nitrogen and oxygen atoms in total. The summed E-state index contributed by atoms with van der Waals surface area (Å²) in [5.41, 5.74) is 2.19. The molecule has 0 N–H and O–H groups in total. The molecule has 2 aromatic carbocycles. The van der Waals surface area contributed by atoms with Gasteiger partial charge in [0.2, 0.25) is 0 Å². The fourth-order valence-electron chi connectivity index (χ4n) is 1.99. The average Bonchev–Trinajstić information content (AvgIpc) is 2.25. The number of aryl methyl sites for hydroxylation is 2. The van der Waals surface area contributed by atoms with E-state index in [4.69, 9.17) is 4.18 Å². The first kappa shape index (κ1) is 14.5. The van der Waals surface area contributed by atoms with Gasteiger partial charge in [0.25, 0.3) is 0 Å². The van der Waals surface area contributed by atoms with Crippen molar-refractivity contribution in [1.82, 2.24) is 0 Å². The normalized spacial score (nSPS) is 11.3. The molecule has 0 spiro atoms. The molecule has 0 aromatic heterocycles. The standard InChI is InChI=1S/C15H15FO3S/c1-11-6-12(2)8-15(7-11)19-20(17,18)10-13-4-3-5-14(16)9-13/h3-9H,10H2,1-2H3. The summed E-state index contributed by atoms with van der Waals surface area (Å²) in [4.78, 5) is 0. The van der Waals surface area contributed by atoms with Gasteiger partial charge in [-0.25, -0.2) is 4.39 Å². The molecule has 0 amide bonds. The second-order valence-corrected chi connectivity index (χ2v) is 6.31. The lowest BCUT2D eigenvalue weighted by atomic mass is 10.1. The van der Waals surface area contributed by atoms with E-state index in [1.165, 1.54) is 18.2 Å². The fraction of sp³-hybridized carbons (Fsp3) is 0.200. The number of hydrogen-bond donors (Lipinski definition) is 0. The highest BCUT2D eigenvalue weighted by Gasteiger charge is 2.15. The zero-order chi connectivity index (χ0) is 14.8. The molecule has 2 aromatic rings. The van der Waals surface area contributed by atoms with Gasteiger partial charge in [-0.15, -0.1) is 0 Å². The molecular weight excluding hydrogens is 279 g/mol. The van der Waals surface area contributed by atoms with Gasteiger partial charge in [-0.05, 0) is 54.8 Å². The zero-order valence-electron chi connectivity index (χ0n) is 11.3. The van der Waals surface area contributed by atoms with Crippen molar-refractivity contribution in [2.45, 2.75) is 19.6 Å². The molecule has 106 valence electrons. The Labute approximate surface area is 118 Å². The largest absolute Gasteiger partial charge is 0.382 e. The van der Waals surface area contributed by atoms with Crippen molar-refractivity contribution < 1.29 is 17.0 Å². The SMILES string of the molecule is Cc1cc(C)cc(OS(=O)(=O)Cc2cccc(F)c2)c1. The van der Waals surface area contributed by atoms with E-state index in [1.54, 1.807) is 18.2 Å². The molecule has 0 aliphatic rings. The summed E-state index contributed by atoms with van der Waals surface area (Å²) in [5.74, 6) is -0.555. The molecule has 0 radical (unpaired) electrons. The van der Waals surface area contributed by atoms with E-state index in [9.17, 15) is 12.8 Å². The van der Waals surface area contributed by atoms with E-state index in [1.807, 2.05) is 19.9 Å². The molecule has 0 saturated heterocycles. The van der Waals surface area contributed by atoms with Crippen LogP contribution in [0.1, 0.15) is 16.7 Å². The fourth-order valence-corrected chi connectivity index (χ4v) is 3.02. The van der Waals surface area contributed by atoms with Gasteiger partial charge in [0.1, 0.15) is 17.3 Å². The van der Waals surface area contributed by atoms with E-state index in [2.05, 4.69) is 0 Å². The Hall–Kier alpha value is -1.88. The van der Waals surface area contributed by atoms with Crippen LogP contribution in [0.5, 0.6) is 5.75 Å². The van der Waals surface area contributed by atoms with Crippen LogP contribution in [0.3, 0.4) is 0 Å². The molecule has 0 aliphatic carbocycles. The lowest BCUT2D eigenvalue weighted by Crippen LogP contribution is -2.12. The smallest absolute Gasteiger partial charge is 0.313 e. The summed E-state index contributed by atoms with van der Waals surface area (Å²) in [5, 5.41) is 0. The summed E-state index contributed by atoms with van der Waals surface area (Å²) >= 11 is 0. The van der Waals surface area contributed by atoms with Gasteiger partial charge in [-0.2, -0.15) is 8.42 Å². The first-order valence-electron chi connectivity index (χ1n) is 6.09. The second-order valence-electron chi connectivity index (χ2n) is 4.74. The first-order valence-corrected chi connectivity index (χ1v) is 7.67. The Morgan fingerprint density at radius 3 is 2.30 bits per heavy atom. The Balaban J connectivity index is 2.19. The lowest BCUT2D eigenvalue weighted by Gasteiger charge is -2.09. The molecule has 0 heterocycles. The quantitative estimate of drug-likeness (QED) is 0.812. The number of hydrogen-bond acceptors (Lipinski definition) is 3. The topological polar surface area (TPSA) is 43.4 Å².